The largest absolute Gasteiger partial charge is 0.353 e. The number of carbonyl (C=O) groups excluding carboxylic acids is 2. The molecule has 30 heavy (non-hydrogen) atoms. The Morgan fingerprint density at radius 2 is 1.43 bits per heavy atom. The lowest BCUT2D eigenvalue weighted by molar-refractivity contribution is -0.128. The van der Waals surface area contributed by atoms with Crippen LogP contribution in [0.3, 0.4) is 0 Å². The molecule has 0 aliphatic heterocycles. The molecule has 4 bridgehead atoms. The van der Waals surface area contributed by atoms with Gasteiger partial charge >= 0.3 is 0 Å². The highest BCUT2D eigenvalue weighted by Crippen LogP contribution is 2.54. The van der Waals surface area contributed by atoms with Gasteiger partial charge in [0.1, 0.15) is 5.82 Å². The van der Waals surface area contributed by atoms with Crippen LogP contribution in [0.2, 0.25) is 0 Å². The molecule has 2 amide bonds. The van der Waals surface area contributed by atoms with Gasteiger partial charge in [0.15, 0.2) is 0 Å². The SMILES string of the molecule is O=C(CC1(CC(=O)NC2C3CC4CC(C3)CC2C4)CCCC1)Nc1ccc(F)cc1. The molecule has 5 aliphatic carbocycles. The summed E-state index contributed by atoms with van der Waals surface area (Å²) >= 11 is 0. The Labute approximate surface area is 178 Å². The van der Waals surface area contributed by atoms with Gasteiger partial charge in [0, 0.05) is 24.6 Å². The molecule has 5 heteroatoms. The smallest absolute Gasteiger partial charge is 0.224 e. The fourth-order valence-corrected chi connectivity index (χ4v) is 7.36. The fourth-order valence-electron chi connectivity index (χ4n) is 7.36. The first-order valence-electron chi connectivity index (χ1n) is 11.8. The molecule has 0 radical (unpaired) electrons. The molecule has 0 aromatic heterocycles. The van der Waals surface area contributed by atoms with Crippen LogP contribution >= 0.6 is 0 Å². The molecule has 0 atom stereocenters. The third-order valence-corrected chi connectivity index (χ3v) is 8.42. The molecule has 1 aromatic rings. The maximum atomic E-state index is 13.1. The third-order valence-electron chi connectivity index (χ3n) is 8.42. The minimum atomic E-state index is -0.318. The number of hydrogen-bond donors (Lipinski definition) is 2. The number of hydrogen-bond acceptors (Lipinski definition) is 2. The Morgan fingerprint density at radius 1 is 0.867 bits per heavy atom. The quantitative estimate of drug-likeness (QED) is 0.687. The summed E-state index contributed by atoms with van der Waals surface area (Å²) in [4.78, 5) is 25.8. The Kier molecular flexibility index (Phi) is 5.32. The molecule has 0 heterocycles. The van der Waals surface area contributed by atoms with E-state index in [0.29, 0.717) is 36.4 Å². The van der Waals surface area contributed by atoms with Crippen LogP contribution in [0.1, 0.15) is 70.6 Å². The first-order chi connectivity index (χ1) is 14.5. The number of benzene rings is 1. The summed E-state index contributed by atoms with van der Waals surface area (Å²) in [5.74, 6) is 2.89. The van der Waals surface area contributed by atoms with Gasteiger partial charge in [0.2, 0.25) is 11.8 Å². The first-order valence-corrected chi connectivity index (χ1v) is 11.8. The van der Waals surface area contributed by atoms with E-state index in [1.807, 2.05) is 0 Å². The van der Waals surface area contributed by atoms with E-state index in [4.69, 9.17) is 0 Å². The fraction of sp³-hybridized carbons (Fsp3) is 0.680. The lowest BCUT2D eigenvalue weighted by Gasteiger charge is -2.54. The minimum absolute atomic E-state index is 0.0778. The van der Waals surface area contributed by atoms with Crippen molar-refractivity contribution in [2.45, 2.75) is 76.7 Å². The van der Waals surface area contributed by atoms with Crippen LogP contribution in [0.5, 0.6) is 0 Å². The van der Waals surface area contributed by atoms with Crippen molar-refractivity contribution in [3.05, 3.63) is 30.1 Å². The van der Waals surface area contributed by atoms with Gasteiger partial charge in [-0.3, -0.25) is 9.59 Å². The molecule has 2 N–H and O–H groups in total. The van der Waals surface area contributed by atoms with Crippen molar-refractivity contribution >= 4 is 17.5 Å². The molecular weight excluding hydrogens is 379 g/mol. The topological polar surface area (TPSA) is 58.2 Å². The van der Waals surface area contributed by atoms with Crippen LogP contribution in [0, 0.1) is 34.9 Å². The molecule has 0 spiro atoms. The molecule has 5 fully saturated rings. The summed E-state index contributed by atoms with van der Waals surface area (Å²) in [6, 6.07) is 6.21. The minimum Gasteiger partial charge on any atom is -0.353 e. The molecule has 162 valence electrons. The zero-order valence-corrected chi connectivity index (χ0v) is 17.7. The molecule has 4 nitrogen and oxygen atoms in total. The van der Waals surface area contributed by atoms with Crippen molar-refractivity contribution in [3.8, 4) is 0 Å². The summed E-state index contributed by atoms with van der Waals surface area (Å²) in [5, 5.41) is 6.31. The van der Waals surface area contributed by atoms with Crippen LogP contribution in [0.25, 0.3) is 0 Å². The summed E-state index contributed by atoms with van der Waals surface area (Å²) in [5.41, 5.74) is 0.368. The normalized spacial score (nSPS) is 33.4. The molecule has 5 aliphatic rings. The van der Waals surface area contributed by atoms with Gasteiger partial charge in [0.05, 0.1) is 0 Å². The second kappa shape index (κ2) is 7.97. The number of anilines is 1. The second-order valence-corrected chi connectivity index (χ2v) is 10.6. The van der Waals surface area contributed by atoms with Crippen molar-refractivity contribution < 1.29 is 14.0 Å². The van der Waals surface area contributed by atoms with E-state index in [1.165, 1.54) is 44.2 Å². The van der Waals surface area contributed by atoms with E-state index in [9.17, 15) is 14.0 Å². The van der Waals surface area contributed by atoms with Gasteiger partial charge in [-0.25, -0.2) is 4.39 Å². The molecule has 6 rings (SSSR count). The number of halogens is 1. The van der Waals surface area contributed by atoms with E-state index in [0.717, 1.165) is 37.5 Å². The number of rotatable bonds is 6. The highest BCUT2D eigenvalue weighted by molar-refractivity contribution is 5.91. The van der Waals surface area contributed by atoms with Crippen LogP contribution in [0.15, 0.2) is 24.3 Å². The molecule has 1 aromatic carbocycles. The summed E-state index contributed by atoms with van der Waals surface area (Å²) < 4.78 is 13.1. The van der Waals surface area contributed by atoms with Gasteiger partial charge in [-0.15, -0.1) is 0 Å². The van der Waals surface area contributed by atoms with Gasteiger partial charge < -0.3 is 10.6 Å². The predicted molar refractivity (Wildman–Crippen MR) is 114 cm³/mol. The zero-order valence-electron chi connectivity index (χ0n) is 17.7. The molecular formula is C25H33FN2O2. The lowest BCUT2D eigenvalue weighted by atomic mass is 9.54. The molecule has 0 unspecified atom stereocenters. The van der Waals surface area contributed by atoms with E-state index in [2.05, 4.69) is 10.6 Å². The number of nitrogens with one attached hydrogen (secondary N) is 2. The second-order valence-electron chi connectivity index (χ2n) is 10.6. The van der Waals surface area contributed by atoms with Crippen molar-refractivity contribution in [2.24, 2.45) is 29.1 Å². The van der Waals surface area contributed by atoms with Crippen LogP contribution in [-0.4, -0.2) is 17.9 Å². The van der Waals surface area contributed by atoms with Crippen molar-refractivity contribution in [1.82, 2.24) is 5.32 Å². The van der Waals surface area contributed by atoms with E-state index in [-0.39, 0.29) is 23.0 Å². The monoisotopic (exact) mass is 412 g/mol. The van der Waals surface area contributed by atoms with Crippen LogP contribution in [-0.2, 0) is 9.59 Å². The van der Waals surface area contributed by atoms with Gasteiger partial charge in [-0.05, 0) is 98.3 Å². The highest BCUT2D eigenvalue weighted by Gasteiger charge is 2.49. The Balaban J connectivity index is 1.19. The van der Waals surface area contributed by atoms with Gasteiger partial charge in [0.25, 0.3) is 0 Å². The first kappa shape index (κ1) is 20.0. The van der Waals surface area contributed by atoms with E-state index in [1.54, 1.807) is 12.1 Å². The average molecular weight is 413 g/mol. The summed E-state index contributed by atoms with van der Waals surface area (Å²) in [6.45, 7) is 0. The van der Waals surface area contributed by atoms with Crippen molar-refractivity contribution in [1.29, 1.82) is 0 Å². The maximum Gasteiger partial charge on any atom is 0.224 e. The Bertz CT molecular complexity index is 772. The zero-order chi connectivity index (χ0) is 20.7. The molecule has 0 saturated heterocycles. The number of amides is 2. The van der Waals surface area contributed by atoms with Crippen LogP contribution < -0.4 is 10.6 Å². The van der Waals surface area contributed by atoms with Crippen LogP contribution in [0.4, 0.5) is 10.1 Å². The average Bonchev–Trinajstić information content (AvgIpc) is 3.13. The van der Waals surface area contributed by atoms with E-state index >= 15 is 0 Å². The third kappa shape index (κ3) is 4.13. The van der Waals surface area contributed by atoms with Gasteiger partial charge in [-0.2, -0.15) is 0 Å². The Hall–Kier alpha value is -1.91. The maximum absolute atomic E-state index is 13.1. The highest BCUT2D eigenvalue weighted by atomic mass is 19.1. The van der Waals surface area contributed by atoms with Crippen molar-refractivity contribution in [2.75, 3.05) is 5.32 Å². The van der Waals surface area contributed by atoms with Crippen molar-refractivity contribution in [3.63, 3.8) is 0 Å². The lowest BCUT2D eigenvalue weighted by Crippen LogP contribution is -2.56. The summed E-state index contributed by atoms with van der Waals surface area (Å²) in [6.07, 6.45) is 11.4. The molecule has 5 saturated carbocycles. The number of carbonyl (C=O) groups is 2. The predicted octanol–water partition coefficient (Wildman–Crippen LogP) is 5.05. The van der Waals surface area contributed by atoms with E-state index < -0.39 is 0 Å². The van der Waals surface area contributed by atoms with Gasteiger partial charge in [-0.1, -0.05) is 12.8 Å². The standard InChI is InChI=1S/C25H33FN2O2/c26-20-3-5-21(6-4-20)27-22(29)14-25(7-1-2-8-25)15-23(30)28-24-18-10-16-9-17(12-18)13-19(24)11-16/h3-6,16-19,24H,1-2,7-15H2,(H,27,29)(H,28,30). The Morgan fingerprint density at radius 3 is 2.03 bits per heavy atom. The summed E-state index contributed by atoms with van der Waals surface area (Å²) in [7, 11) is 0.